The molecule has 2 N–H and O–H groups in total. The zero-order valence-corrected chi connectivity index (χ0v) is 23.4. The Morgan fingerprint density at radius 3 is 2.74 bits per heavy atom. The van der Waals surface area contributed by atoms with Gasteiger partial charge in [0.1, 0.15) is 29.6 Å². The lowest BCUT2D eigenvalue weighted by molar-refractivity contribution is 0.237. The molecule has 42 heavy (non-hydrogen) atoms. The molecule has 1 fully saturated rings. The van der Waals surface area contributed by atoms with Gasteiger partial charge in [-0.05, 0) is 67.4 Å². The van der Waals surface area contributed by atoms with Gasteiger partial charge in [-0.1, -0.05) is 18.2 Å². The molecular formula is C33H31FN6O2. The summed E-state index contributed by atoms with van der Waals surface area (Å²) in [5, 5.41) is 8.70. The van der Waals surface area contributed by atoms with Crippen LogP contribution in [0.4, 0.5) is 4.39 Å². The number of hydrogen-bond donors (Lipinski definition) is 2. The molecule has 1 aliphatic heterocycles. The van der Waals surface area contributed by atoms with Crippen molar-refractivity contribution in [1.29, 1.82) is 0 Å². The van der Waals surface area contributed by atoms with E-state index in [-0.39, 0.29) is 5.82 Å². The highest BCUT2D eigenvalue weighted by Gasteiger charge is 2.20. The SMILES string of the molecule is COc1cc(F)cc(C2=CC=CCc3[nH]c(-c4n[nH]c5cnc(-c6cncc(OCCN7CCCC7)c6)cc45)cc32)c1. The first-order valence-corrected chi connectivity index (χ1v) is 14.2. The van der Waals surface area contributed by atoms with Gasteiger partial charge in [0.25, 0.3) is 0 Å². The number of fused-ring (bicyclic) bond motifs is 2. The second-order valence-electron chi connectivity index (χ2n) is 10.7. The average Bonchev–Trinajstić information content (AvgIpc) is 3.75. The molecule has 9 heteroatoms. The van der Waals surface area contributed by atoms with E-state index in [1.807, 2.05) is 30.4 Å². The molecule has 2 aliphatic rings. The number of benzene rings is 1. The molecule has 212 valence electrons. The molecule has 0 spiro atoms. The van der Waals surface area contributed by atoms with E-state index in [2.05, 4.69) is 42.2 Å². The first kappa shape index (κ1) is 26.2. The Kier molecular flexibility index (Phi) is 7.01. The minimum absolute atomic E-state index is 0.343. The minimum Gasteiger partial charge on any atom is -0.497 e. The average molecular weight is 563 g/mol. The van der Waals surface area contributed by atoms with Crippen LogP contribution in [0.1, 0.15) is 29.7 Å². The summed E-state index contributed by atoms with van der Waals surface area (Å²) in [4.78, 5) is 15.1. The van der Waals surface area contributed by atoms with E-state index in [0.29, 0.717) is 18.8 Å². The van der Waals surface area contributed by atoms with E-state index in [4.69, 9.17) is 9.47 Å². The molecule has 5 aromatic rings. The number of aromatic nitrogens is 5. The third kappa shape index (κ3) is 5.19. The lowest BCUT2D eigenvalue weighted by Gasteiger charge is -2.15. The van der Waals surface area contributed by atoms with Crippen LogP contribution >= 0.6 is 0 Å². The smallest absolute Gasteiger partial charge is 0.138 e. The number of nitrogens with one attached hydrogen (secondary N) is 2. The van der Waals surface area contributed by atoms with Gasteiger partial charge in [-0.3, -0.25) is 20.0 Å². The number of allylic oxidation sites excluding steroid dienone is 3. The number of ether oxygens (including phenoxy) is 2. The summed E-state index contributed by atoms with van der Waals surface area (Å²) in [7, 11) is 1.54. The molecule has 1 aromatic carbocycles. The van der Waals surface area contributed by atoms with Crippen molar-refractivity contribution in [3.05, 3.63) is 95.9 Å². The van der Waals surface area contributed by atoms with Gasteiger partial charge >= 0.3 is 0 Å². The van der Waals surface area contributed by atoms with E-state index in [1.54, 1.807) is 25.7 Å². The maximum atomic E-state index is 14.4. The van der Waals surface area contributed by atoms with Gasteiger partial charge in [0.05, 0.1) is 36.4 Å². The van der Waals surface area contributed by atoms with Gasteiger partial charge in [-0.25, -0.2) is 4.39 Å². The van der Waals surface area contributed by atoms with E-state index in [9.17, 15) is 4.39 Å². The van der Waals surface area contributed by atoms with Crippen molar-refractivity contribution in [1.82, 2.24) is 30.0 Å². The van der Waals surface area contributed by atoms with E-state index < -0.39 is 0 Å². The Labute approximate surface area is 242 Å². The molecule has 8 nitrogen and oxygen atoms in total. The van der Waals surface area contributed by atoms with Crippen LogP contribution in [-0.4, -0.2) is 63.4 Å². The maximum absolute atomic E-state index is 14.4. The predicted octanol–water partition coefficient (Wildman–Crippen LogP) is 6.18. The normalized spacial score (nSPS) is 15.0. The van der Waals surface area contributed by atoms with Gasteiger partial charge in [0, 0.05) is 47.4 Å². The Morgan fingerprint density at radius 2 is 1.86 bits per heavy atom. The van der Waals surface area contributed by atoms with Crippen molar-refractivity contribution in [2.45, 2.75) is 19.3 Å². The van der Waals surface area contributed by atoms with Crippen LogP contribution in [0.25, 0.3) is 39.1 Å². The number of H-pyrrole nitrogens is 2. The van der Waals surface area contributed by atoms with Gasteiger partial charge in [-0.2, -0.15) is 5.10 Å². The molecule has 5 heterocycles. The van der Waals surface area contributed by atoms with Crippen molar-refractivity contribution in [2.24, 2.45) is 0 Å². The zero-order chi connectivity index (χ0) is 28.5. The molecule has 1 saturated heterocycles. The van der Waals surface area contributed by atoms with Crippen LogP contribution in [0.2, 0.25) is 0 Å². The number of halogens is 1. The standard InChI is InChI=1S/C33H31FN6O2/c1-41-24-13-21(12-23(34)15-24)26-6-2-3-7-29-27(26)16-31(37-29)33-28-17-30(36-20-32(28)38-39-33)22-14-25(19-35-18-22)42-11-10-40-8-4-5-9-40/h2-3,6,12-20,37H,4-5,7-11H2,1H3,(H,38,39). The molecule has 4 aromatic heterocycles. The zero-order valence-electron chi connectivity index (χ0n) is 23.4. The largest absolute Gasteiger partial charge is 0.497 e. The summed E-state index contributed by atoms with van der Waals surface area (Å²) in [6.07, 6.45) is 14.7. The molecular weight excluding hydrogens is 531 g/mol. The van der Waals surface area contributed by atoms with Crippen LogP contribution in [0.3, 0.4) is 0 Å². The molecule has 7 rings (SSSR count). The quantitative estimate of drug-likeness (QED) is 0.235. The Balaban J connectivity index is 1.19. The van der Waals surface area contributed by atoms with Gasteiger partial charge in [0.2, 0.25) is 0 Å². The predicted molar refractivity (Wildman–Crippen MR) is 161 cm³/mol. The Hall–Kier alpha value is -4.76. The van der Waals surface area contributed by atoms with Crippen LogP contribution < -0.4 is 9.47 Å². The molecule has 0 bridgehead atoms. The summed E-state index contributed by atoms with van der Waals surface area (Å²) in [6, 6.07) is 10.9. The van der Waals surface area contributed by atoms with Crippen molar-refractivity contribution in [3.8, 4) is 34.1 Å². The molecule has 0 amide bonds. The highest BCUT2D eigenvalue weighted by atomic mass is 19.1. The fourth-order valence-corrected chi connectivity index (χ4v) is 5.77. The van der Waals surface area contributed by atoms with Crippen molar-refractivity contribution < 1.29 is 13.9 Å². The summed E-state index contributed by atoms with van der Waals surface area (Å²) < 4.78 is 25.8. The van der Waals surface area contributed by atoms with Crippen molar-refractivity contribution in [3.63, 3.8) is 0 Å². The number of aromatic amines is 2. The lowest BCUT2D eigenvalue weighted by Crippen LogP contribution is -2.25. The number of likely N-dealkylation sites (tertiary alicyclic amines) is 1. The lowest BCUT2D eigenvalue weighted by atomic mass is 9.97. The number of methoxy groups -OCH3 is 1. The van der Waals surface area contributed by atoms with Gasteiger partial charge < -0.3 is 14.5 Å². The van der Waals surface area contributed by atoms with Crippen molar-refractivity contribution >= 4 is 16.5 Å². The highest BCUT2D eigenvalue weighted by Crippen LogP contribution is 2.36. The van der Waals surface area contributed by atoms with Gasteiger partial charge in [-0.15, -0.1) is 0 Å². The Morgan fingerprint density at radius 1 is 0.976 bits per heavy atom. The second-order valence-corrected chi connectivity index (χ2v) is 10.7. The summed E-state index contributed by atoms with van der Waals surface area (Å²) >= 11 is 0. The maximum Gasteiger partial charge on any atom is 0.138 e. The summed E-state index contributed by atoms with van der Waals surface area (Å²) in [5.74, 6) is 0.866. The fraction of sp³-hybridized carbons (Fsp3) is 0.242. The van der Waals surface area contributed by atoms with Crippen LogP contribution in [-0.2, 0) is 6.42 Å². The summed E-state index contributed by atoms with van der Waals surface area (Å²) in [5.41, 5.74) is 7.82. The van der Waals surface area contributed by atoms with Crippen molar-refractivity contribution in [2.75, 3.05) is 33.4 Å². The van der Waals surface area contributed by atoms with Crippen LogP contribution in [0.5, 0.6) is 11.5 Å². The first-order chi connectivity index (χ1) is 20.6. The first-order valence-electron chi connectivity index (χ1n) is 14.2. The Bertz CT molecular complexity index is 1810. The highest BCUT2D eigenvalue weighted by molar-refractivity contribution is 5.95. The van der Waals surface area contributed by atoms with E-state index in [1.165, 1.54) is 25.0 Å². The second kappa shape index (κ2) is 11.3. The molecule has 1 aliphatic carbocycles. The topological polar surface area (TPSA) is 92.0 Å². The minimum atomic E-state index is -0.343. The van der Waals surface area contributed by atoms with E-state index >= 15 is 0 Å². The summed E-state index contributed by atoms with van der Waals surface area (Å²) in [6.45, 7) is 3.86. The van der Waals surface area contributed by atoms with E-state index in [0.717, 1.165) is 81.3 Å². The molecule has 0 unspecified atom stereocenters. The monoisotopic (exact) mass is 562 g/mol. The van der Waals surface area contributed by atoms with Gasteiger partial charge in [0.15, 0.2) is 0 Å². The number of pyridine rings is 2. The third-order valence-electron chi connectivity index (χ3n) is 7.91. The van der Waals surface area contributed by atoms with Crippen LogP contribution in [0.15, 0.2) is 73.2 Å². The third-order valence-corrected chi connectivity index (χ3v) is 7.91. The molecule has 0 atom stereocenters. The number of rotatable bonds is 8. The van der Waals surface area contributed by atoms with Crippen LogP contribution in [0, 0.1) is 5.82 Å². The number of nitrogens with zero attached hydrogens (tertiary/aromatic N) is 4. The fourth-order valence-electron chi connectivity index (χ4n) is 5.77. The number of hydrogen-bond acceptors (Lipinski definition) is 6. The molecule has 0 saturated carbocycles. The molecule has 0 radical (unpaired) electrons.